The van der Waals surface area contributed by atoms with Crippen molar-refractivity contribution in [2.75, 3.05) is 11.9 Å². The molecule has 0 aliphatic rings. The van der Waals surface area contributed by atoms with Crippen LogP contribution in [0.15, 0.2) is 41.3 Å². The highest BCUT2D eigenvalue weighted by atomic mass is 32.2. The van der Waals surface area contributed by atoms with Crippen LogP contribution in [0, 0.1) is 17.1 Å². The number of benzene rings is 2. The molecule has 0 atom stereocenters. The van der Waals surface area contributed by atoms with Crippen LogP contribution in [-0.2, 0) is 16.2 Å². The first-order valence-corrected chi connectivity index (χ1v) is 9.50. The van der Waals surface area contributed by atoms with E-state index >= 15 is 0 Å². The number of nitrogens with one attached hydrogen (secondary N) is 2. The first kappa shape index (κ1) is 22.5. The summed E-state index contributed by atoms with van der Waals surface area (Å²) in [5, 5.41) is 8.47. The van der Waals surface area contributed by atoms with Gasteiger partial charge in [0.25, 0.3) is 10.0 Å². The van der Waals surface area contributed by atoms with E-state index in [1.807, 2.05) is 4.83 Å². The summed E-state index contributed by atoms with van der Waals surface area (Å²) >= 11 is 4.86. The number of halogens is 4. The molecule has 0 amide bonds. The number of rotatable bonds is 5. The monoisotopic (exact) mass is 447 g/mol. The summed E-state index contributed by atoms with van der Waals surface area (Å²) in [7, 11) is -2.94. The van der Waals surface area contributed by atoms with Crippen molar-refractivity contribution in [1.29, 1.82) is 5.26 Å². The second-order valence-corrected chi connectivity index (χ2v) is 7.55. The van der Waals surface area contributed by atoms with Crippen LogP contribution >= 0.6 is 12.2 Å². The first-order valence-electron chi connectivity index (χ1n) is 7.61. The van der Waals surface area contributed by atoms with Gasteiger partial charge in [-0.25, -0.2) is 18.2 Å². The van der Waals surface area contributed by atoms with Crippen LogP contribution in [0.3, 0.4) is 0 Å². The van der Waals surface area contributed by atoms with Crippen molar-refractivity contribution in [1.82, 2.24) is 10.3 Å². The van der Waals surface area contributed by atoms with Crippen molar-refractivity contribution in [2.24, 2.45) is 5.73 Å². The molecule has 154 valence electrons. The molecule has 0 aliphatic carbocycles. The maximum atomic E-state index is 14.4. The topological polar surface area (TPSA) is 111 Å². The van der Waals surface area contributed by atoms with Gasteiger partial charge in [0, 0.05) is 5.69 Å². The average molecular weight is 447 g/mol. The number of hydrogen-bond donors (Lipinski definition) is 3. The van der Waals surface area contributed by atoms with Crippen LogP contribution in [0.5, 0.6) is 0 Å². The summed E-state index contributed by atoms with van der Waals surface area (Å²) in [5.74, 6) is -1.18. The minimum atomic E-state index is -4.83. The molecule has 0 unspecified atom stereocenters. The van der Waals surface area contributed by atoms with Crippen LogP contribution in [-0.4, -0.2) is 20.6 Å². The van der Waals surface area contributed by atoms with Gasteiger partial charge in [-0.1, -0.05) is 0 Å². The smallest absolute Gasteiger partial charge is 0.376 e. The Morgan fingerprint density at radius 3 is 2.28 bits per heavy atom. The van der Waals surface area contributed by atoms with E-state index in [2.05, 4.69) is 5.43 Å². The lowest BCUT2D eigenvalue weighted by Gasteiger charge is -2.24. The normalized spacial score (nSPS) is 11.7. The number of hydrogen-bond acceptors (Lipinski definition) is 5. The molecule has 29 heavy (non-hydrogen) atoms. The highest BCUT2D eigenvalue weighted by molar-refractivity contribution is 7.89. The van der Waals surface area contributed by atoms with Crippen molar-refractivity contribution < 1.29 is 26.0 Å². The van der Waals surface area contributed by atoms with Crippen molar-refractivity contribution in [2.45, 2.75) is 11.1 Å². The molecule has 0 bridgehead atoms. The zero-order valence-electron chi connectivity index (χ0n) is 14.6. The Hall–Kier alpha value is -2.79. The molecule has 0 spiro atoms. The summed E-state index contributed by atoms with van der Waals surface area (Å²) in [6.07, 6.45) is -4.83. The summed E-state index contributed by atoms with van der Waals surface area (Å²) in [6.45, 7) is 0. The highest BCUT2D eigenvalue weighted by Gasteiger charge is 2.34. The lowest BCUT2D eigenvalue weighted by atomic mass is 10.1. The first-order chi connectivity index (χ1) is 13.4. The van der Waals surface area contributed by atoms with Crippen LogP contribution in [0.2, 0.25) is 0 Å². The lowest BCUT2D eigenvalue weighted by molar-refractivity contribution is -0.137. The Bertz CT molecular complexity index is 1100. The Labute approximate surface area is 168 Å². The predicted octanol–water partition coefficient (Wildman–Crippen LogP) is 2.51. The summed E-state index contributed by atoms with van der Waals surface area (Å²) in [5.41, 5.74) is 5.61. The van der Waals surface area contributed by atoms with E-state index in [0.29, 0.717) is 6.07 Å². The molecule has 7 nitrogen and oxygen atoms in total. The molecule has 0 saturated carbocycles. The van der Waals surface area contributed by atoms with Crippen LogP contribution in [0.1, 0.15) is 11.1 Å². The number of nitrogens with two attached hydrogens (primary N) is 1. The maximum Gasteiger partial charge on any atom is 0.417 e. The van der Waals surface area contributed by atoms with Gasteiger partial charge >= 0.3 is 6.18 Å². The van der Waals surface area contributed by atoms with E-state index in [0.717, 1.165) is 35.2 Å². The van der Waals surface area contributed by atoms with Crippen molar-refractivity contribution >= 4 is 38.7 Å². The number of alkyl halides is 3. The molecule has 0 radical (unpaired) electrons. The van der Waals surface area contributed by atoms with E-state index in [1.54, 1.807) is 0 Å². The van der Waals surface area contributed by atoms with Crippen molar-refractivity contribution in [3.05, 3.63) is 53.3 Å². The minimum absolute atomic E-state index is 0.115. The zero-order chi connectivity index (χ0) is 22.0. The quantitative estimate of drug-likeness (QED) is 0.367. The number of sulfonamides is 1. The van der Waals surface area contributed by atoms with Gasteiger partial charge in [-0.15, -0.1) is 4.83 Å². The largest absolute Gasteiger partial charge is 0.417 e. The SMILES string of the molecule is CNNS(=O)(=O)c1ccc(N(C(N)=S)c2ccc(C#N)c(C(F)(F)F)c2)cc1F. The van der Waals surface area contributed by atoms with Crippen LogP contribution in [0.4, 0.5) is 28.9 Å². The molecule has 4 N–H and O–H groups in total. The van der Waals surface area contributed by atoms with Gasteiger partial charge in [0.15, 0.2) is 5.11 Å². The van der Waals surface area contributed by atoms with Gasteiger partial charge < -0.3 is 5.73 Å². The molecule has 13 heteroatoms. The average Bonchev–Trinajstić information content (AvgIpc) is 2.60. The van der Waals surface area contributed by atoms with E-state index in [-0.39, 0.29) is 11.4 Å². The van der Waals surface area contributed by atoms with Gasteiger partial charge in [-0.2, -0.15) is 18.4 Å². The number of nitriles is 1. The number of anilines is 2. The molecule has 0 aliphatic heterocycles. The summed E-state index contributed by atoms with van der Waals surface area (Å²) < 4.78 is 78.0. The fourth-order valence-electron chi connectivity index (χ4n) is 2.44. The van der Waals surface area contributed by atoms with E-state index in [1.165, 1.54) is 13.1 Å². The van der Waals surface area contributed by atoms with Gasteiger partial charge in [0.05, 0.1) is 22.9 Å². The molecule has 0 fully saturated rings. The Balaban J connectivity index is 2.61. The van der Waals surface area contributed by atoms with Crippen LogP contribution < -0.4 is 20.9 Å². The number of hydrazine groups is 1. The zero-order valence-corrected chi connectivity index (χ0v) is 16.2. The van der Waals surface area contributed by atoms with Gasteiger partial charge in [-0.3, -0.25) is 4.90 Å². The van der Waals surface area contributed by atoms with Crippen molar-refractivity contribution in [3.63, 3.8) is 0 Å². The predicted molar refractivity (Wildman–Crippen MR) is 101 cm³/mol. The Kier molecular flexibility index (Phi) is 6.43. The third-order valence-electron chi connectivity index (χ3n) is 3.61. The molecule has 2 rings (SSSR count). The minimum Gasteiger partial charge on any atom is -0.376 e. The van der Waals surface area contributed by atoms with E-state index in [4.69, 9.17) is 23.2 Å². The molecular weight excluding hydrogens is 434 g/mol. The second kappa shape index (κ2) is 8.29. The Morgan fingerprint density at radius 1 is 1.21 bits per heavy atom. The molecule has 2 aromatic rings. The molecule has 0 aromatic heterocycles. The number of nitrogens with zero attached hydrogens (tertiary/aromatic N) is 2. The Morgan fingerprint density at radius 2 is 1.79 bits per heavy atom. The standard InChI is InChI=1S/C16H13F4N5O2S2/c1-23-24-29(26,27)14-5-4-11(7-13(14)17)25(15(22)28)10-3-2-9(8-21)12(6-10)16(18,19)20/h2-7,23-24H,1H3,(H2,22,28). The third-order valence-corrected chi connectivity index (χ3v) is 5.17. The maximum absolute atomic E-state index is 14.4. The molecule has 2 aromatic carbocycles. The molecular formula is C16H13F4N5O2S2. The molecule has 0 heterocycles. The molecule has 0 saturated heterocycles. The number of thiocarbonyl (C=S) groups is 1. The highest BCUT2D eigenvalue weighted by Crippen LogP contribution is 2.36. The van der Waals surface area contributed by atoms with Gasteiger partial charge in [-0.05, 0) is 55.7 Å². The van der Waals surface area contributed by atoms with Gasteiger partial charge in [0.2, 0.25) is 0 Å². The lowest BCUT2D eigenvalue weighted by Crippen LogP contribution is -2.35. The van der Waals surface area contributed by atoms with E-state index in [9.17, 15) is 26.0 Å². The summed E-state index contributed by atoms with van der Waals surface area (Å²) in [6, 6.07) is 6.95. The van der Waals surface area contributed by atoms with Crippen LogP contribution in [0.25, 0.3) is 0 Å². The fourth-order valence-corrected chi connectivity index (χ4v) is 3.60. The summed E-state index contributed by atoms with van der Waals surface area (Å²) in [4.78, 5) is 2.10. The van der Waals surface area contributed by atoms with Crippen molar-refractivity contribution in [3.8, 4) is 6.07 Å². The van der Waals surface area contributed by atoms with E-state index < -0.39 is 43.2 Å². The fraction of sp³-hybridized carbons (Fsp3) is 0.125. The second-order valence-electron chi connectivity index (χ2n) is 5.48. The third kappa shape index (κ3) is 4.80. The van der Waals surface area contributed by atoms with Gasteiger partial charge in [0.1, 0.15) is 10.7 Å².